The highest BCUT2D eigenvalue weighted by atomic mass is 16.4. The minimum absolute atomic E-state index is 0.00653. The maximum Gasteiger partial charge on any atom is 0.337 e. The molecule has 1 saturated carbocycles. The molecule has 4 N–H and O–H groups in total. The van der Waals surface area contributed by atoms with E-state index in [9.17, 15) is 9.59 Å². The van der Waals surface area contributed by atoms with Crippen LogP contribution in [0.1, 0.15) is 42.5 Å². The maximum absolute atomic E-state index is 12.1. The van der Waals surface area contributed by atoms with Crippen LogP contribution in [0.4, 0.5) is 11.4 Å². The first kappa shape index (κ1) is 13.4. The molecule has 2 rings (SSSR count). The van der Waals surface area contributed by atoms with Crippen LogP contribution < -0.4 is 11.1 Å². The fourth-order valence-corrected chi connectivity index (χ4v) is 2.45. The number of benzene rings is 1. The second-order valence-corrected chi connectivity index (χ2v) is 4.93. The van der Waals surface area contributed by atoms with Crippen LogP contribution in [0, 0.1) is 5.92 Å². The predicted octanol–water partition coefficient (Wildman–Crippen LogP) is 2.49. The largest absolute Gasteiger partial charge is 0.478 e. The molecule has 0 heterocycles. The molecular weight excluding hydrogens is 244 g/mol. The first-order chi connectivity index (χ1) is 9.08. The zero-order valence-electron chi connectivity index (χ0n) is 10.7. The van der Waals surface area contributed by atoms with Crippen LogP contribution >= 0.6 is 0 Å². The number of carbonyl (C=O) groups excluding carboxylic acids is 1. The molecule has 1 aliphatic rings. The molecule has 0 radical (unpaired) electrons. The Kier molecular flexibility index (Phi) is 4.04. The SMILES string of the molecule is Nc1ccc(NC(=O)C2CCCCC2)c(C(=O)O)c1. The average molecular weight is 262 g/mol. The van der Waals surface area contributed by atoms with Gasteiger partial charge in [-0.3, -0.25) is 4.79 Å². The second kappa shape index (κ2) is 5.73. The number of nitrogens with one attached hydrogen (secondary N) is 1. The van der Waals surface area contributed by atoms with Crippen molar-refractivity contribution in [2.45, 2.75) is 32.1 Å². The monoisotopic (exact) mass is 262 g/mol. The molecule has 1 amide bonds. The number of hydrogen-bond acceptors (Lipinski definition) is 3. The molecule has 0 unspecified atom stereocenters. The molecule has 5 heteroatoms. The third kappa shape index (κ3) is 3.24. The van der Waals surface area contributed by atoms with E-state index in [1.807, 2.05) is 0 Å². The van der Waals surface area contributed by atoms with Crippen molar-refractivity contribution >= 4 is 23.3 Å². The van der Waals surface area contributed by atoms with Gasteiger partial charge in [0.2, 0.25) is 5.91 Å². The number of aromatic carboxylic acids is 1. The van der Waals surface area contributed by atoms with Gasteiger partial charge in [-0.25, -0.2) is 4.79 Å². The van der Waals surface area contributed by atoms with E-state index < -0.39 is 5.97 Å². The third-order valence-electron chi connectivity index (χ3n) is 3.51. The molecule has 0 aliphatic heterocycles. The topological polar surface area (TPSA) is 92.4 Å². The summed E-state index contributed by atoms with van der Waals surface area (Å²) in [6.45, 7) is 0. The van der Waals surface area contributed by atoms with Crippen LogP contribution in [0.3, 0.4) is 0 Å². The van der Waals surface area contributed by atoms with Gasteiger partial charge in [-0.1, -0.05) is 19.3 Å². The minimum atomic E-state index is -1.09. The van der Waals surface area contributed by atoms with E-state index in [4.69, 9.17) is 10.8 Å². The molecule has 1 aromatic carbocycles. The van der Waals surface area contributed by atoms with Crippen LogP contribution in [0.5, 0.6) is 0 Å². The average Bonchev–Trinajstić information content (AvgIpc) is 2.41. The molecule has 0 bridgehead atoms. The molecule has 1 aromatic rings. The van der Waals surface area contributed by atoms with Crippen molar-refractivity contribution in [2.75, 3.05) is 11.1 Å². The number of amides is 1. The van der Waals surface area contributed by atoms with Crippen LogP contribution in [-0.2, 0) is 4.79 Å². The molecule has 0 aromatic heterocycles. The summed E-state index contributed by atoms with van der Waals surface area (Å²) in [4.78, 5) is 23.2. The van der Waals surface area contributed by atoms with Gasteiger partial charge in [0.1, 0.15) is 0 Å². The highest BCUT2D eigenvalue weighted by Gasteiger charge is 2.22. The predicted molar refractivity (Wildman–Crippen MR) is 73.0 cm³/mol. The zero-order valence-corrected chi connectivity index (χ0v) is 10.7. The van der Waals surface area contributed by atoms with Gasteiger partial charge in [0.25, 0.3) is 0 Å². The number of hydrogen-bond donors (Lipinski definition) is 3. The Hall–Kier alpha value is -2.04. The normalized spacial score (nSPS) is 16.0. The lowest BCUT2D eigenvalue weighted by molar-refractivity contribution is -0.120. The molecule has 1 aliphatic carbocycles. The quantitative estimate of drug-likeness (QED) is 0.730. The number of nitrogens with two attached hydrogens (primary N) is 1. The van der Waals surface area contributed by atoms with Crippen LogP contribution in [0.15, 0.2) is 18.2 Å². The lowest BCUT2D eigenvalue weighted by Crippen LogP contribution is -2.25. The van der Waals surface area contributed by atoms with E-state index in [2.05, 4.69) is 5.32 Å². The molecule has 102 valence electrons. The van der Waals surface area contributed by atoms with Gasteiger partial charge in [0.15, 0.2) is 0 Å². The van der Waals surface area contributed by atoms with Crippen LogP contribution in [0.25, 0.3) is 0 Å². The van der Waals surface area contributed by atoms with Crippen LogP contribution in [0.2, 0.25) is 0 Å². The van der Waals surface area contributed by atoms with Gasteiger partial charge >= 0.3 is 5.97 Å². The molecule has 0 spiro atoms. The van der Waals surface area contributed by atoms with Gasteiger partial charge in [-0.05, 0) is 31.0 Å². The Balaban J connectivity index is 2.13. The molecule has 19 heavy (non-hydrogen) atoms. The summed E-state index contributed by atoms with van der Waals surface area (Å²) in [5.41, 5.74) is 6.28. The Bertz CT molecular complexity index is 493. The van der Waals surface area contributed by atoms with E-state index >= 15 is 0 Å². The van der Waals surface area contributed by atoms with Gasteiger partial charge < -0.3 is 16.2 Å². The number of carboxylic acid groups (broad SMARTS) is 1. The summed E-state index contributed by atoms with van der Waals surface area (Å²) < 4.78 is 0. The fraction of sp³-hybridized carbons (Fsp3) is 0.429. The standard InChI is InChI=1S/C14H18N2O3/c15-10-6-7-12(11(8-10)14(18)19)16-13(17)9-4-2-1-3-5-9/h6-9H,1-5,15H2,(H,16,17)(H,18,19). The summed E-state index contributed by atoms with van der Waals surface area (Å²) >= 11 is 0. The highest BCUT2D eigenvalue weighted by Crippen LogP contribution is 2.26. The molecule has 0 saturated heterocycles. The van der Waals surface area contributed by atoms with E-state index in [0.717, 1.165) is 25.7 Å². The molecule has 0 atom stereocenters. The lowest BCUT2D eigenvalue weighted by Gasteiger charge is -2.21. The number of carboxylic acids is 1. The first-order valence-electron chi connectivity index (χ1n) is 6.51. The van der Waals surface area contributed by atoms with Crippen molar-refractivity contribution in [3.8, 4) is 0 Å². The Morgan fingerprint density at radius 1 is 1.21 bits per heavy atom. The summed E-state index contributed by atoms with van der Waals surface area (Å²) in [6.07, 6.45) is 5.05. The van der Waals surface area contributed by atoms with Crippen molar-refractivity contribution in [1.29, 1.82) is 0 Å². The first-order valence-corrected chi connectivity index (χ1v) is 6.51. The number of anilines is 2. The minimum Gasteiger partial charge on any atom is -0.478 e. The Morgan fingerprint density at radius 3 is 2.53 bits per heavy atom. The number of carbonyl (C=O) groups is 2. The van der Waals surface area contributed by atoms with Crippen LogP contribution in [-0.4, -0.2) is 17.0 Å². The summed E-state index contributed by atoms with van der Waals surface area (Å²) in [5, 5.41) is 11.8. The highest BCUT2D eigenvalue weighted by molar-refractivity contribution is 6.01. The van der Waals surface area contributed by atoms with Gasteiger partial charge in [-0.15, -0.1) is 0 Å². The summed E-state index contributed by atoms with van der Waals surface area (Å²) in [6, 6.07) is 4.49. The van der Waals surface area contributed by atoms with E-state index in [0.29, 0.717) is 11.4 Å². The van der Waals surface area contributed by atoms with Gasteiger partial charge in [0.05, 0.1) is 11.3 Å². The van der Waals surface area contributed by atoms with E-state index in [1.165, 1.54) is 12.5 Å². The maximum atomic E-state index is 12.1. The Morgan fingerprint density at radius 2 is 1.89 bits per heavy atom. The van der Waals surface area contributed by atoms with Crippen molar-refractivity contribution in [1.82, 2.24) is 0 Å². The Labute approximate surface area is 111 Å². The van der Waals surface area contributed by atoms with Gasteiger partial charge in [-0.2, -0.15) is 0 Å². The van der Waals surface area contributed by atoms with Crippen molar-refractivity contribution < 1.29 is 14.7 Å². The molecular formula is C14H18N2O3. The van der Waals surface area contributed by atoms with E-state index in [-0.39, 0.29) is 17.4 Å². The summed E-state index contributed by atoms with van der Waals surface area (Å²) in [7, 11) is 0. The lowest BCUT2D eigenvalue weighted by atomic mass is 9.88. The van der Waals surface area contributed by atoms with E-state index in [1.54, 1.807) is 12.1 Å². The summed E-state index contributed by atoms with van der Waals surface area (Å²) in [5.74, 6) is -1.19. The van der Waals surface area contributed by atoms with Crippen molar-refractivity contribution in [3.05, 3.63) is 23.8 Å². The number of rotatable bonds is 3. The molecule has 1 fully saturated rings. The van der Waals surface area contributed by atoms with Crippen molar-refractivity contribution in [3.63, 3.8) is 0 Å². The van der Waals surface area contributed by atoms with Gasteiger partial charge in [0, 0.05) is 11.6 Å². The smallest absolute Gasteiger partial charge is 0.337 e. The molecule has 5 nitrogen and oxygen atoms in total. The second-order valence-electron chi connectivity index (χ2n) is 4.93. The number of nitrogen functional groups attached to an aromatic ring is 1. The third-order valence-corrected chi connectivity index (χ3v) is 3.51. The zero-order chi connectivity index (χ0) is 13.8. The van der Waals surface area contributed by atoms with Crippen molar-refractivity contribution in [2.24, 2.45) is 5.92 Å². The fourth-order valence-electron chi connectivity index (χ4n) is 2.45.